The van der Waals surface area contributed by atoms with Crippen molar-refractivity contribution in [3.05, 3.63) is 16.6 Å². The largest absolute Gasteiger partial charge is 0.381 e. The molecule has 0 radical (unpaired) electrons. The molecule has 2 rings (SSSR count). The number of hydrogen-bond donors (Lipinski definition) is 1. The second-order valence-corrected chi connectivity index (χ2v) is 5.55. The van der Waals surface area contributed by atoms with E-state index >= 15 is 0 Å². The summed E-state index contributed by atoms with van der Waals surface area (Å²) >= 11 is 1.67. The lowest BCUT2D eigenvalue weighted by molar-refractivity contribution is 0.0242. The lowest BCUT2D eigenvalue weighted by atomic mass is 9.82. The van der Waals surface area contributed by atoms with Gasteiger partial charge in [-0.15, -0.1) is 11.3 Å². The molecule has 0 unspecified atom stereocenters. The average Bonchev–Trinajstić information content (AvgIpc) is 2.78. The van der Waals surface area contributed by atoms with Gasteiger partial charge >= 0.3 is 0 Å². The highest BCUT2D eigenvalue weighted by Gasteiger charge is 2.26. The van der Waals surface area contributed by atoms with E-state index in [0.29, 0.717) is 5.41 Å². The molecule has 0 atom stereocenters. The van der Waals surface area contributed by atoms with E-state index in [-0.39, 0.29) is 0 Å². The van der Waals surface area contributed by atoms with E-state index in [0.717, 1.165) is 32.7 Å². The molecule has 90 valence electrons. The van der Waals surface area contributed by atoms with Gasteiger partial charge in [-0.1, -0.05) is 6.92 Å². The summed E-state index contributed by atoms with van der Waals surface area (Å²) in [7, 11) is 0. The monoisotopic (exact) mass is 240 g/mol. The van der Waals surface area contributed by atoms with Crippen LogP contribution < -0.4 is 5.32 Å². The minimum Gasteiger partial charge on any atom is -0.381 e. The van der Waals surface area contributed by atoms with Crippen molar-refractivity contribution in [1.82, 2.24) is 10.3 Å². The van der Waals surface area contributed by atoms with Crippen molar-refractivity contribution in [2.45, 2.75) is 26.2 Å². The van der Waals surface area contributed by atoms with Crippen LogP contribution in [-0.2, 0) is 11.2 Å². The normalized spacial score (nSPS) is 19.8. The van der Waals surface area contributed by atoms with Gasteiger partial charge in [-0.25, -0.2) is 4.98 Å². The van der Waals surface area contributed by atoms with Crippen molar-refractivity contribution in [1.29, 1.82) is 0 Å². The second kappa shape index (κ2) is 5.75. The van der Waals surface area contributed by atoms with E-state index in [1.807, 2.05) is 5.51 Å². The van der Waals surface area contributed by atoms with Gasteiger partial charge in [-0.3, -0.25) is 0 Å². The highest BCUT2D eigenvalue weighted by atomic mass is 32.1. The summed E-state index contributed by atoms with van der Waals surface area (Å²) in [6.45, 7) is 6.32. The van der Waals surface area contributed by atoms with Gasteiger partial charge in [0.1, 0.15) is 0 Å². The summed E-state index contributed by atoms with van der Waals surface area (Å²) in [5, 5.41) is 5.67. The van der Waals surface area contributed by atoms with Crippen LogP contribution in [-0.4, -0.2) is 31.3 Å². The molecule has 16 heavy (non-hydrogen) atoms. The van der Waals surface area contributed by atoms with Crippen molar-refractivity contribution in [3.8, 4) is 0 Å². The van der Waals surface area contributed by atoms with Gasteiger partial charge in [0.2, 0.25) is 0 Å². The quantitative estimate of drug-likeness (QED) is 0.800. The van der Waals surface area contributed by atoms with Crippen LogP contribution in [0.2, 0.25) is 0 Å². The van der Waals surface area contributed by atoms with Gasteiger partial charge in [0.05, 0.1) is 11.2 Å². The van der Waals surface area contributed by atoms with Crippen molar-refractivity contribution in [3.63, 3.8) is 0 Å². The molecule has 1 aromatic rings. The Labute approximate surface area is 101 Å². The number of rotatable bonds is 5. The van der Waals surface area contributed by atoms with Crippen LogP contribution >= 0.6 is 11.3 Å². The smallest absolute Gasteiger partial charge is 0.0794 e. The molecular formula is C12H20N2OS. The third-order valence-corrected chi connectivity index (χ3v) is 3.93. The summed E-state index contributed by atoms with van der Waals surface area (Å²) in [4.78, 5) is 4.28. The van der Waals surface area contributed by atoms with Crippen LogP contribution in [0.5, 0.6) is 0 Å². The first-order valence-corrected chi connectivity index (χ1v) is 6.88. The zero-order valence-electron chi connectivity index (χ0n) is 9.87. The van der Waals surface area contributed by atoms with Gasteiger partial charge in [0, 0.05) is 38.1 Å². The summed E-state index contributed by atoms with van der Waals surface area (Å²) in [6, 6.07) is 0. The van der Waals surface area contributed by atoms with Gasteiger partial charge in [-0.05, 0) is 18.3 Å². The Bertz CT molecular complexity index is 294. The standard InChI is InChI=1S/C12H20N2OS/c1-12(3-6-15-7-4-12)9-13-5-2-11-8-16-10-14-11/h8,10,13H,2-7,9H2,1H3. The molecule has 1 saturated heterocycles. The Morgan fingerprint density at radius 2 is 2.31 bits per heavy atom. The number of nitrogens with zero attached hydrogens (tertiary/aromatic N) is 1. The maximum absolute atomic E-state index is 5.39. The number of nitrogens with one attached hydrogen (secondary N) is 1. The first kappa shape index (κ1) is 12.0. The Hall–Kier alpha value is -0.450. The third-order valence-electron chi connectivity index (χ3n) is 3.29. The Kier molecular flexibility index (Phi) is 4.32. The predicted molar refractivity (Wildman–Crippen MR) is 66.8 cm³/mol. The fraction of sp³-hybridized carbons (Fsp3) is 0.750. The molecule has 2 heterocycles. The van der Waals surface area contributed by atoms with Crippen LogP contribution in [0.1, 0.15) is 25.5 Å². The lowest BCUT2D eigenvalue weighted by Gasteiger charge is -2.33. The zero-order valence-corrected chi connectivity index (χ0v) is 10.7. The van der Waals surface area contributed by atoms with Crippen LogP contribution in [0.15, 0.2) is 10.9 Å². The highest BCUT2D eigenvalue weighted by molar-refractivity contribution is 7.07. The molecule has 1 aliphatic heterocycles. The Morgan fingerprint density at radius 1 is 1.50 bits per heavy atom. The second-order valence-electron chi connectivity index (χ2n) is 4.83. The minimum atomic E-state index is 0.431. The maximum Gasteiger partial charge on any atom is 0.0794 e. The number of thiazole rings is 1. The molecule has 3 nitrogen and oxygen atoms in total. The van der Waals surface area contributed by atoms with Crippen molar-refractivity contribution < 1.29 is 4.74 Å². The third kappa shape index (κ3) is 3.54. The van der Waals surface area contributed by atoms with E-state index in [1.165, 1.54) is 18.5 Å². The molecule has 0 bridgehead atoms. The minimum absolute atomic E-state index is 0.431. The maximum atomic E-state index is 5.39. The van der Waals surface area contributed by atoms with E-state index in [9.17, 15) is 0 Å². The molecule has 0 aromatic carbocycles. The van der Waals surface area contributed by atoms with Gasteiger partial charge in [0.15, 0.2) is 0 Å². The predicted octanol–water partition coefficient (Wildman–Crippen LogP) is 2.09. The van der Waals surface area contributed by atoms with Crippen LogP contribution in [0.25, 0.3) is 0 Å². The average molecular weight is 240 g/mol. The molecule has 4 heteroatoms. The fourth-order valence-corrected chi connectivity index (χ4v) is 2.60. The molecule has 0 saturated carbocycles. The van der Waals surface area contributed by atoms with E-state index in [2.05, 4.69) is 22.6 Å². The number of ether oxygens (including phenoxy) is 1. The molecule has 0 spiro atoms. The Morgan fingerprint density at radius 3 is 3.00 bits per heavy atom. The molecule has 1 fully saturated rings. The number of aromatic nitrogens is 1. The molecule has 0 amide bonds. The summed E-state index contributed by atoms with van der Waals surface area (Å²) < 4.78 is 5.39. The van der Waals surface area contributed by atoms with E-state index in [4.69, 9.17) is 4.74 Å². The molecular weight excluding hydrogens is 220 g/mol. The first-order valence-electron chi connectivity index (χ1n) is 5.94. The van der Waals surface area contributed by atoms with Crippen LogP contribution in [0.3, 0.4) is 0 Å². The van der Waals surface area contributed by atoms with Crippen molar-refractivity contribution in [2.24, 2.45) is 5.41 Å². The topological polar surface area (TPSA) is 34.2 Å². The summed E-state index contributed by atoms with van der Waals surface area (Å²) in [6.07, 6.45) is 3.39. The van der Waals surface area contributed by atoms with Crippen LogP contribution in [0.4, 0.5) is 0 Å². The fourth-order valence-electron chi connectivity index (χ4n) is 2.01. The first-order chi connectivity index (χ1) is 7.79. The molecule has 0 aliphatic carbocycles. The van der Waals surface area contributed by atoms with Gasteiger partial charge in [0.25, 0.3) is 0 Å². The molecule has 1 aliphatic rings. The Balaban J connectivity index is 1.63. The number of hydrogen-bond acceptors (Lipinski definition) is 4. The molecule has 1 N–H and O–H groups in total. The van der Waals surface area contributed by atoms with Crippen molar-refractivity contribution >= 4 is 11.3 Å². The van der Waals surface area contributed by atoms with Gasteiger partial charge < -0.3 is 10.1 Å². The highest BCUT2D eigenvalue weighted by Crippen LogP contribution is 2.28. The van der Waals surface area contributed by atoms with Crippen molar-refractivity contribution in [2.75, 3.05) is 26.3 Å². The van der Waals surface area contributed by atoms with E-state index in [1.54, 1.807) is 11.3 Å². The lowest BCUT2D eigenvalue weighted by Crippen LogP contribution is -2.37. The summed E-state index contributed by atoms with van der Waals surface area (Å²) in [5.74, 6) is 0. The van der Waals surface area contributed by atoms with E-state index < -0.39 is 0 Å². The summed E-state index contributed by atoms with van der Waals surface area (Å²) in [5.41, 5.74) is 3.53. The van der Waals surface area contributed by atoms with Crippen LogP contribution in [0, 0.1) is 5.41 Å². The van der Waals surface area contributed by atoms with Gasteiger partial charge in [-0.2, -0.15) is 0 Å². The zero-order chi connectivity index (χ0) is 11.3. The molecule has 1 aromatic heterocycles. The SMILES string of the molecule is CC1(CNCCc2cscn2)CCOCC1.